The molecule has 15 nitrogen and oxygen atoms in total. The molecule has 0 unspecified atom stereocenters. The number of ether oxygens (including phenoxy) is 4. The topological polar surface area (TPSA) is 189 Å². The van der Waals surface area contributed by atoms with Crippen LogP contribution in [0.1, 0.15) is 13.3 Å². The Kier molecular flexibility index (Phi) is 13.6. The summed E-state index contributed by atoms with van der Waals surface area (Å²) in [4.78, 5) is 60.8. The predicted molar refractivity (Wildman–Crippen MR) is 176 cm³/mol. The number of non-ortho nitro benzene ring substituents is 1. The molecule has 0 aliphatic carbocycles. The molecule has 0 amide bonds. The fourth-order valence-electron chi connectivity index (χ4n) is 4.04. The lowest BCUT2D eigenvalue weighted by molar-refractivity contribution is -0.384. The van der Waals surface area contributed by atoms with E-state index in [2.05, 4.69) is 34.3 Å². The summed E-state index contributed by atoms with van der Waals surface area (Å²) >= 11 is 1.08. The van der Waals surface area contributed by atoms with E-state index in [1.54, 1.807) is 30.3 Å². The van der Waals surface area contributed by atoms with Gasteiger partial charge in [0.05, 0.1) is 22.5 Å². The van der Waals surface area contributed by atoms with Crippen LogP contribution < -0.4 is 4.90 Å². The summed E-state index contributed by atoms with van der Waals surface area (Å²) in [5.74, 6) is -2.97. The molecule has 16 heteroatoms. The molecule has 0 bridgehead atoms. The monoisotopic (exact) mass is 679 g/mol. The van der Waals surface area contributed by atoms with E-state index < -0.39 is 60.6 Å². The number of azo groups is 1. The normalized spacial score (nSPS) is 11.0. The van der Waals surface area contributed by atoms with Gasteiger partial charge in [0, 0.05) is 54.5 Å². The molecule has 1 heterocycles. The van der Waals surface area contributed by atoms with Gasteiger partial charge in [-0.2, -0.15) is 4.37 Å². The molecule has 0 saturated heterocycles. The highest BCUT2D eigenvalue weighted by Crippen LogP contribution is 2.34. The maximum absolute atomic E-state index is 12.8. The molecule has 0 aliphatic heterocycles. The van der Waals surface area contributed by atoms with Crippen LogP contribution in [0, 0.1) is 15.5 Å². The largest absolute Gasteiger partial charge is 0.465 e. The Morgan fingerprint density at radius 2 is 1.46 bits per heavy atom. The second kappa shape index (κ2) is 17.8. The van der Waals surface area contributed by atoms with Crippen LogP contribution in [0.25, 0.3) is 10.9 Å². The van der Waals surface area contributed by atoms with Crippen molar-refractivity contribution in [2.24, 2.45) is 15.6 Å². The third-order valence-electron chi connectivity index (χ3n) is 6.69. The zero-order valence-electron chi connectivity index (χ0n) is 26.1. The highest BCUT2D eigenvalue weighted by Gasteiger charge is 2.37. The van der Waals surface area contributed by atoms with E-state index in [9.17, 15) is 29.3 Å². The van der Waals surface area contributed by atoms with E-state index in [0.29, 0.717) is 28.1 Å². The Balaban J connectivity index is 1.65. The van der Waals surface area contributed by atoms with Gasteiger partial charge in [-0.05, 0) is 48.8 Å². The van der Waals surface area contributed by atoms with Gasteiger partial charge in [0.15, 0.2) is 5.00 Å². The second-order valence-corrected chi connectivity index (χ2v) is 10.8. The fraction of sp³-hybridized carbons (Fsp3) is 0.281. The summed E-state index contributed by atoms with van der Waals surface area (Å²) < 4.78 is 25.2. The zero-order valence-corrected chi connectivity index (χ0v) is 26.9. The van der Waals surface area contributed by atoms with Crippen molar-refractivity contribution >= 4 is 68.4 Å². The van der Waals surface area contributed by atoms with Gasteiger partial charge in [0.25, 0.3) is 5.69 Å². The maximum Gasteiger partial charge on any atom is 0.330 e. The summed E-state index contributed by atoms with van der Waals surface area (Å²) in [5.41, 5.74) is 0.413. The lowest BCUT2D eigenvalue weighted by Crippen LogP contribution is -2.43. The van der Waals surface area contributed by atoms with Gasteiger partial charge in [-0.1, -0.05) is 19.7 Å². The number of rotatable bonds is 19. The molecule has 0 fully saturated rings. The molecule has 0 aliphatic rings. The smallest absolute Gasteiger partial charge is 0.330 e. The van der Waals surface area contributed by atoms with Gasteiger partial charge >= 0.3 is 23.9 Å². The van der Waals surface area contributed by atoms with E-state index in [-0.39, 0.29) is 18.7 Å². The van der Waals surface area contributed by atoms with E-state index in [1.807, 2.05) is 11.8 Å². The molecule has 1 aromatic heterocycles. The number of hydrogen-bond donors (Lipinski definition) is 0. The number of carbonyl (C=O) groups is 4. The number of benzene rings is 2. The summed E-state index contributed by atoms with van der Waals surface area (Å²) in [6.45, 7) is 11.0. The SMILES string of the molecule is C=CC(=O)OCC(COC(=O)C=C)(COC(=O)C=C)COC(=O)CCN(CC)c1ccc(N=Nc2snc3ccc([N+](=O)[O-])cc23)cc1. The Labute approximate surface area is 279 Å². The van der Waals surface area contributed by atoms with Crippen molar-refractivity contribution in [2.45, 2.75) is 13.3 Å². The molecule has 3 aromatic rings. The first-order chi connectivity index (χ1) is 23.0. The molecule has 0 atom stereocenters. The Morgan fingerprint density at radius 1 is 0.896 bits per heavy atom. The minimum atomic E-state index is -1.43. The Morgan fingerprint density at radius 3 is 1.98 bits per heavy atom. The number of carbonyl (C=O) groups excluding carboxylic acids is 4. The van der Waals surface area contributed by atoms with E-state index in [1.165, 1.54) is 12.1 Å². The van der Waals surface area contributed by atoms with Crippen molar-refractivity contribution in [3.63, 3.8) is 0 Å². The minimum absolute atomic E-state index is 0.0404. The predicted octanol–water partition coefficient (Wildman–Crippen LogP) is 5.55. The molecule has 252 valence electrons. The first-order valence-electron chi connectivity index (χ1n) is 14.4. The van der Waals surface area contributed by atoms with E-state index in [0.717, 1.165) is 35.4 Å². The molecule has 0 spiro atoms. The Hall–Kier alpha value is -5.77. The third-order valence-corrected chi connectivity index (χ3v) is 7.45. The number of nitrogens with zero attached hydrogens (tertiary/aromatic N) is 5. The van der Waals surface area contributed by atoms with Crippen molar-refractivity contribution in [3.05, 3.63) is 90.5 Å². The lowest BCUT2D eigenvalue weighted by atomic mass is 9.92. The first kappa shape index (κ1) is 36.7. The first-order valence-corrected chi connectivity index (χ1v) is 15.1. The number of aromatic nitrogens is 1. The summed E-state index contributed by atoms with van der Waals surface area (Å²) in [7, 11) is 0. The average molecular weight is 680 g/mol. The van der Waals surface area contributed by atoms with Crippen molar-refractivity contribution in [1.29, 1.82) is 0 Å². The van der Waals surface area contributed by atoms with Crippen LogP contribution in [-0.4, -0.2) is 72.7 Å². The number of nitro groups is 1. The molecule has 3 rings (SSSR count). The van der Waals surface area contributed by atoms with Gasteiger partial charge in [0.2, 0.25) is 0 Å². The van der Waals surface area contributed by atoms with Crippen LogP contribution in [0.4, 0.5) is 22.1 Å². The molecule has 0 radical (unpaired) electrons. The van der Waals surface area contributed by atoms with Crippen molar-refractivity contribution in [1.82, 2.24) is 4.37 Å². The lowest BCUT2D eigenvalue weighted by Gasteiger charge is -2.31. The number of nitro benzene ring substituents is 1. The van der Waals surface area contributed by atoms with Gasteiger partial charge in [-0.15, -0.1) is 10.2 Å². The molecule has 0 N–H and O–H groups in total. The number of fused-ring (bicyclic) bond motifs is 1. The standard InChI is InChI=1S/C32H33N5O10S/c1-5-27(38)44-18-32(19-45-28(39)6-2,20-46-29(40)7-3)21-47-30(41)15-16-36(8-4)23-11-9-22(10-12-23)33-34-31-25-17-24(37(42)43)13-14-26(25)35-48-31/h5-7,9-14,17H,1-3,8,15-16,18-21H2,4H3. The molecular weight excluding hydrogens is 646 g/mol. The molecular formula is C32H33N5O10S. The summed E-state index contributed by atoms with van der Waals surface area (Å²) in [5, 5.41) is 20.6. The number of anilines is 1. The van der Waals surface area contributed by atoms with Crippen LogP contribution in [0.2, 0.25) is 0 Å². The maximum atomic E-state index is 12.8. The molecule has 0 saturated carbocycles. The van der Waals surface area contributed by atoms with Crippen LogP contribution in [-0.2, 0) is 38.1 Å². The van der Waals surface area contributed by atoms with Crippen LogP contribution in [0.15, 0.2) is 90.7 Å². The van der Waals surface area contributed by atoms with Crippen LogP contribution in [0.3, 0.4) is 0 Å². The Bertz CT molecular complexity index is 1640. The van der Waals surface area contributed by atoms with Gasteiger partial charge in [-0.3, -0.25) is 14.9 Å². The molecule has 48 heavy (non-hydrogen) atoms. The van der Waals surface area contributed by atoms with Gasteiger partial charge < -0.3 is 23.8 Å². The summed E-state index contributed by atoms with van der Waals surface area (Å²) in [6, 6.07) is 11.4. The van der Waals surface area contributed by atoms with Crippen LogP contribution in [0.5, 0.6) is 0 Å². The minimum Gasteiger partial charge on any atom is -0.465 e. The van der Waals surface area contributed by atoms with Crippen LogP contribution >= 0.6 is 11.5 Å². The van der Waals surface area contributed by atoms with E-state index >= 15 is 0 Å². The fourth-order valence-corrected chi connectivity index (χ4v) is 4.72. The average Bonchev–Trinajstić information content (AvgIpc) is 3.52. The van der Waals surface area contributed by atoms with Crippen molar-refractivity contribution < 1.29 is 43.0 Å². The third kappa shape index (κ3) is 10.7. The van der Waals surface area contributed by atoms with Crippen molar-refractivity contribution in [3.8, 4) is 0 Å². The molecule has 2 aromatic carbocycles. The number of hydrogen-bond acceptors (Lipinski definition) is 15. The van der Waals surface area contributed by atoms with E-state index in [4.69, 9.17) is 18.9 Å². The number of esters is 4. The second-order valence-electron chi connectivity index (χ2n) is 10.1. The van der Waals surface area contributed by atoms with Crippen molar-refractivity contribution in [2.75, 3.05) is 44.4 Å². The highest BCUT2D eigenvalue weighted by molar-refractivity contribution is 7.11. The zero-order chi connectivity index (χ0) is 35.1. The highest BCUT2D eigenvalue weighted by atomic mass is 32.1. The van der Waals surface area contributed by atoms with Gasteiger partial charge in [0.1, 0.15) is 31.8 Å². The summed E-state index contributed by atoms with van der Waals surface area (Å²) in [6.07, 6.45) is 2.74. The quantitative estimate of drug-likeness (QED) is 0.0384. The van der Waals surface area contributed by atoms with Gasteiger partial charge in [-0.25, -0.2) is 14.4 Å².